The standard InChI is InChI=1S/C11H7BrN6O/c12-9-5-15-10(6-14-9)17-11(19)7-3-16-18-2-1-13-4-8(7)18/h1-6H,(H,15,17,19). The molecule has 0 aliphatic carbocycles. The monoisotopic (exact) mass is 318 g/mol. The van der Waals surface area contributed by atoms with Crippen molar-refractivity contribution in [3.63, 3.8) is 0 Å². The molecule has 0 aliphatic heterocycles. The van der Waals surface area contributed by atoms with Crippen LogP contribution in [0.3, 0.4) is 0 Å². The van der Waals surface area contributed by atoms with E-state index in [4.69, 9.17) is 0 Å². The number of carbonyl (C=O) groups is 1. The minimum atomic E-state index is -0.306. The fourth-order valence-electron chi connectivity index (χ4n) is 1.57. The third kappa shape index (κ3) is 2.29. The number of halogens is 1. The minimum Gasteiger partial charge on any atom is -0.305 e. The molecule has 7 nitrogen and oxygen atoms in total. The first-order valence-electron chi connectivity index (χ1n) is 5.30. The van der Waals surface area contributed by atoms with Gasteiger partial charge in [-0.25, -0.2) is 14.5 Å². The average molecular weight is 319 g/mol. The molecule has 0 saturated carbocycles. The van der Waals surface area contributed by atoms with Crippen molar-refractivity contribution in [2.45, 2.75) is 0 Å². The number of aromatic nitrogens is 5. The van der Waals surface area contributed by atoms with Gasteiger partial charge in [-0.1, -0.05) is 0 Å². The number of nitrogens with one attached hydrogen (secondary N) is 1. The average Bonchev–Trinajstić information content (AvgIpc) is 2.85. The molecule has 0 radical (unpaired) electrons. The van der Waals surface area contributed by atoms with Gasteiger partial charge in [-0.15, -0.1) is 0 Å². The Labute approximate surface area is 115 Å². The van der Waals surface area contributed by atoms with E-state index in [1.165, 1.54) is 18.6 Å². The molecule has 1 N–H and O–H groups in total. The predicted molar refractivity (Wildman–Crippen MR) is 70.7 cm³/mol. The first-order chi connectivity index (χ1) is 9.24. The van der Waals surface area contributed by atoms with Crippen molar-refractivity contribution in [3.05, 3.63) is 47.3 Å². The van der Waals surface area contributed by atoms with Gasteiger partial charge >= 0.3 is 0 Å². The second-order valence-corrected chi connectivity index (χ2v) is 4.46. The molecular weight excluding hydrogens is 312 g/mol. The topological polar surface area (TPSA) is 85.1 Å². The van der Waals surface area contributed by atoms with Gasteiger partial charge in [-0.05, 0) is 15.9 Å². The van der Waals surface area contributed by atoms with Crippen LogP contribution in [0.25, 0.3) is 5.52 Å². The van der Waals surface area contributed by atoms with Gasteiger partial charge in [0.1, 0.15) is 4.60 Å². The van der Waals surface area contributed by atoms with E-state index in [2.05, 4.69) is 41.3 Å². The van der Waals surface area contributed by atoms with Gasteiger partial charge < -0.3 is 5.32 Å². The molecule has 3 aromatic heterocycles. The number of rotatable bonds is 2. The van der Waals surface area contributed by atoms with Crippen LogP contribution >= 0.6 is 15.9 Å². The van der Waals surface area contributed by atoms with Crippen LogP contribution in [0, 0.1) is 0 Å². The van der Waals surface area contributed by atoms with Crippen molar-refractivity contribution >= 4 is 33.2 Å². The predicted octanol–water partition coefficient (Wildman–Crippen LogP) is 1.53. The maximum absolute atomic E-state index is 12.1. The first-order valence-corrected chi connectivity index (χ1v) is 6.09. The van der Waals surface area contributed by atoms with Crippen molar-refractivity contribution in [1.29, 1.82) is 0 Å². The van der Waals surface area contributed by atoms with Crippen molar-refractivity contribution in [3.8, 4) is 0 Å². The zero-order valence-corrected chi connectivity index (χ0v) is 11.1. The Morgan fingerprint density at radius 2 is 2.11 bits per heavy atom. The van der Waals surface area contributed by atoms with E-state index in [1.54, 1.807) is 23.1 Å². The molecule has 0 unspecified atom stereocenters. The molecule has 0 bridgehead atoms. The van der Waals surface area contributed by atoms with Crippen LogP contribution in [0.2, 0.25) is 0 Å². The highest BCUT2D eigenvalue weighted by molar-refractivity contribution is 9.10. The van der Waals surface area contributed by atoms with Gasteiger partial charge in [0.05, 0.1) is 35.9 Å². The number of nitrogens with zero attached hydrogens (tertiary/aromatic N) is 5. The fourth-order valence-corrected chi connectivity index (χ4v) is 1.77. The molecule has 94 valence electrons. The van der Waals surface area contributed by atoms with Gasteiger partial charge in [0.2, 0.25) is 0 Å². The normalized spacial score (nSPS) is 10.6. The number of anilines is 1. The van der Waals surface area contributed by atoms with E-state index < -0.39 is 0 Å². The van der Waals surface area contributed by atoms with Crippen molar-refractivity contribution in [2.24, 2.45) is 0 Å². The molecule has 8 heteroatoms. The number of carbonyl (C=O) groups excluding carboxylic acids is 1. The summed E-state index contributed by atoms with van der Waals surface area (Å²) in [6.07, 6.45) is 9.31. The molecule has 3 heterocycles. The van der Waals surface area contributed by atoms with Gasteiger partial charge in [0.25, 0.3) is 5.91 Å². The summed E-state index contributed by atoms with van der Waals surface area (Å²) in [5.74, 6) is 0.0658. The molecule has 1 amide bonds. The SMILES string of the molecule is O=C(Nc1cnc(Br)cn1)c1cnn2ccncc12. The van der Waals surface area contributed by atoms with E-state index in [-0.39, 0.29) is 5.91 Å². The summed E-state index contributed by atoms with van der Waals surface area (Å²) in [5.41, 5.74) is 1.06. The van der Waals surface area contributed by atoms with Crippen LogP contribution in [-0.4, -0.2) is 30.5 Å². The Morgan fingerprint density at radius 1 is 1.21 bits per heavy atom. The van der Waals surface area contributed by atoms with Crippen LogP contribution in [0.5, 0.6) is 0 Å². The van der Waals surface area contributed by atoms with Crippen molar-refractivity contribution in [1.82, 2.24) is 24.6 Å². The number of hydrogen-bond donors (Lipinski definition) is 1. The summed E-state index contributed by atoms with van der Waals surface area (Å²) >= 11 is 3.18. The maximum Gasteiger partial charge on any atom is 0.260 e. The third-order valence-corrected chi connectivity index (χ3v) is 2.84. The Bertz CT molecular complexity index is 738. The zero-order chi connectivity index (χ0) is 13.2. The quantitative estimate of drug-likeness (QED) is 0.774. The summed E-state index contributed by atoms with van der Waals surface area (Å²) in [5, 5.41) is 6.72. The lowest BCUT2D eigenvalue weighted by Gasteiger charge is -2.02. The van der Waals surface area contributed by atoms with Crippen molar-refractivity contribution < 1.29 is 4.79 Å². The highest BCUT2D eigenvalue weighted by atomic mass is 79.9. The molecule has 0 aromatic carbocycles. The molecule has 0 atom stereocenters. The Morgan fingerprint density at radius 3 is 2.89 bits per heavy atom. The lowest BCUT2D eigenvalue weighted by atomic mass is 10.3. The summed E-state index contributed by atoms with van der Waals surface area (Å²) in [4.78, 5) is 24.1. The second-order valence-electron chi connectivity index (χ2n) is 3.64. The van der Waals surface area contributed by atoms with Gasteiger partial charge in [0.15, 0.2) is 5.82 Å². The van der Waals surface area contributed by atoms with Crippen LogP contribution < -0.4 is 5.32 Å². The number of amides is 1. The van der Waals surface area contributed by atoms with Crippen LogP contribution in [0.15, 0.2) is 41.8 Å². The number of hydrogen-bond acceptors (Lipinski definition) is 5. The smallest absolute Gasteiger partial charge is 0.260 e. The highest BCUT2D eigenvalue weighted by Gasteiger charge is 2.13. The Kier molecular flexibility index (Phi) is 2.92. The highest BCUT2D eigenvalue weighted by Crippen LogP contribution is 2.12. The van der Waals surface area contributed by atoms with E-state index in [9.17, 15) is 4.79 Å². The summed E-state index contributed by atoms with van der Waals surface area (Å²) in [6, 6.07) is 0. The lowest BCUT2D eigenvalue weighted by molar-refractivity contribution is 0.102. The molecule has 3 rings (SSSR count). The molecule has 0 saturated heterocycles. The first kappa shape index (κ1) is 11.7. The molecule has 19 heavy (non-hydrogen) atoms. The molecule has 0 fully saturated rings. The maximum atomic E-state index is 12.1. The van der Waals surface area contributed by atoms with Crippen LogP contribution in [0.4, 0.5) is 5.82 Å². The van der Waals surface area contributed by atoms with Crippen LogP contribution in [0.1, 0.15) is 10.4 Å². The van der Waals surface area contributed by atoms with Crippen LogP contribution in [-0.2, 0) is 0 Å². The molecular formula is C11H7BrN6O. The lowest BCUT2D eigenvalue weighted by Crippen LogP contribution is -2.12. The van der Waals surface area contributed by atoms with Gasteiger partial charge in [-0.2, -0.15) is 5.10 Å². The summed E-state index contributed by atoms with van der Waals surface area (Å²) < 4.78 is 2.18. The zero-order valence-electron chi connectivity index (χ0n) is 9.49. The fraction of sp³-hybridized carbons (Fsp3) is 0. The largest absolute Gasteiger partial charge is 0.305 e. The summed E-state index contributed by atoms with van der Waals surface area (Å²) in [6.45, 7) is 0. The number of fused-ring (bicyclic) bond motifs is 1. The Hall–Kier alpha value is -2.35. The molecule has 0 spiro atoms. The van der Waals surface area contributed by atoms with E-state index in [0.717, 1.165) is 0 Å². The molecule has 0 aliphatic rings. The van der Waals surface area contributed by atoms with E-state index in [0.29, 0.717) is 21.5 Å². The Balaban J connectivity index is 1.90. The second kappa shape index (κ2) is 4.73. The van der Waals surface area contributed by atoms with E-state index >= 15 is 0 Å². The minimum absolute atomic E-state index is 0.306. The third-order valence-electron chi connectivity index (χ3n) is 2.43. The van der Waals surface area contributed by atoms with Gasteiger partial charge in [0, 0.05) is 12.4 Å². The van der Waals surface area contributed by atoms with E-state index in [1.807, 2.05) is 0 Å². The van der Waals surface area contributed by atoms with Gasteiger partial charge in [-0.3, -0.25) is 9.78 Å². The van der Waals surface area contributed by atoms with Crippen molar-refractivity contribution in [2.75, 3.05) is 5.32 Å². The summed E-state index contributed by atoms with van der Waals surface area (Å²) in [7, 11) is 0. The molecule has 3 aromatic rings.